The molecule has 0 radical (unpaired) electrons. The van der Waals surface area contributed by atoms with Gasteiger partial charge in [-0.2, -0.15) is 0 Å². The summed E-state index contributed by atoms with van der Waals surface area (Å²) in [5.41, 5.74) is 0. The van der Waals surface area contributed by atoms with Gasteiger partial charge in [-0.3, -0.25) is 4.90 Å². The van der Waals surface area contributed by atoms with Crippen LogP contribution in [0.1, 0.15) is 32.6 Å². The third-order valence-electron chi connectivity index (χ3n) is 3.07. The van der Waals surface area contributed by atoms with Crippen LogP contribution in [0.15, 0.2) is 0 Å². The molecule has 1 fully saturated rings. The minimum atomic E-state index is 0.502. The Hall–Kier alpha value is 0.210. The summed E-state index contributed by atoms with van der Waals surface area (Å²) in [7, 11) is 1.77. The number of alkyl halides is 1. The number of rotatable bonds is 4. The highest BCUT2D eigenvalue weighted by Crippen LogP contribution is 2.20. The van der Waals surface area contributed by atoms with Crippen LogP contribution in [-0.2, 0) is 4.74 Å². The van der Waals surface area contributed by atoms with E-state index in [0.29, 0.717) is 12.1 Å². The van der Waals surface area contributed by atoms with Gasteiger partial charge in [0.05, 0.1) is 6.61 Å². The lowest BCUT2D eigenvalue weighted by Crippen LogP contribution is -2.44. The van der Waals surface area contributed by atoms with Crippen LogP contribution in [-0.4, -0.2) is 43.1 Å². The Morgan fingerprint density at radius 1 is 1.43 bits per heavy atom. The van der Waals surface area contributed by atoms with Crippen molar-refractivity contribution in [1.82, 2.24) is 4.90 Å². The summed E-state index contributed by atoms with van der Waals surface area (Å²) >= 11 is 6.01. The molecule has 3 heteroatoms. The maximum Gasteiger partial charge on any atom is 0.0615 e. The molecule has 0 aliphatic carbocycles. The fraction of sp³-hybridized carbons (Fsp3) is 1.00. The molecule has 0 amide bonds. The van der Waals surface area contributed by atoms with Crippen molar-refractivity contribution in [1.29, 1.82) is 0 Å². The van der Waals surface area contributed by atoms with Crippen LogP contribution in [0, 0.1) is 0 Å². The van der Waals surface area contributed by atoms with Gasteiger partial charge >= 0.3 is 0 Å². The van der Waals surface area contributed by atoms with Gasteiger partial charge in [-0.25, -0.2) is 0 Å². The lowest BCUT2D eigenvalue weighted by molar-refractivity contribution is 0.0774. The highest BCUT2D eigenvalue weighted by atomic mass is 35.5. The third kappa shape index (κ3) is 3.41. The maximum absolute atomic E-state index is 6.01. The maximum atomic E-state index is 6.01. The van der Waals surface area contributed by atoms with Crippen molar-refractivity contribution in [3.8, 4) is 0 Å². The molecule has 84 valence electrons. The number of nitrogens with zero attached hydrogens (tertiary/aromatic N) is 1. The SMILES string of the molecule is COCC(C)N1CCCCCC1CCl. The Kier molecular flexibility index (Phi) is 5.83. The van der Waals surface area contributed by atoms with E-state index in [4.69, 9.17) is 16.3 Å². The molecule has 0 N–H and O–H groups in total. The van der Waals surface area contributed by atoms with Gasteiger partial charge in [0.25, 0.3) is 0 Å². The Labute approximate surface area is 92.6 Å². The summed E-state index contributed by atoms with van der Waals surface area (Å²) in [6.07, 6.45) is 5.23. The summed E-state index contributed by atoms with van der Waals surface area (Å²) in [6.45, 7) is 4.23. The zero-order chi connectivity index (χ0) is 10.4. The molecular weight excluding hydrogens is 198 g/mol. The number of hydrogen-bond acceptors (Lipinski definition) is 2. The van der Waals surface area contributed by atoms with Crippen molar-refractivity contribution in [2.45, 2.75) is 44.7 Å². The van der Waals surface area contributed by atoms with Gasteiger partial charge in [0.2, 0.25) is 0 Å². The Morgan fingerprint density at radius 3 is 2.86 bits per heavy atom. The van der Waals surface area contributed by atoms with Gasteiger partial charge in [0, 0.05) is 25.1 Å². The van der Waals surface area contributed by atoms with E-state index >= 15 is 0 Å². The molecule has 2 nitrogen and oxygen atoms in total. The first-order valence-corrected chi connectivity index (χ1v) is 6.13. The molecule has 1 rings (SSSR count). The molecule has 0 spiro atoms. The van der Waals surface area contributed by atoms with Crippen molar-refractivity contribution in [3.63, 3.8) is 0 Å². The van der Waals surface area contributed by atoms with Crippen molar-refractivity contribution >= 4 is 11.6 Å². The van der Waals surface area contributed by atoms with Crippen LogP contribution in [0.3, 0.4) is 0 Å². The fourth-order valence-corrected chi connectivity index (χ4v) is 2.61. The summed E-state index contributed by atoms with van der Waals surface area (Å²) < 4.78 is 5.21. The molecule has 0 aromatic rings. The zero-order valence-electron chi connectivity index (χ0n) is 9.34. The standard InChI is InChI=1S/C11H22ClNO/c1-10(9-14-2)13-7-5-3-4-6-11(13)8-12/h10-11H,3-9H2,1-2H3. The second-order valence-corrected chi connectivity index (χ2v) is 4.51. The second-order valence-electron chi connectivity index (χ2n) is 4.20. The summed E-state index contributed by atoms with van der Waals surface area (Å²) in [6, 6.07) is 1.06. The fourth-order valence-electron chi connectivity index (χ4n) is 2.28. The molecular formula is C11H22ClNO. The number of methoxy groups -OCH3 is 1. The molecule has 0 saturated carbocycles. The van der Waals surface area contributed by atoms with E-state index in [1.165, 1.54) is 32.2 Å². The summed E-state index contributed by atoms with van der Waals surface area (Å²) in [4.78, 5) is 2.52. The minimum Gasteiger partial charge on any atom is -0.383 e. The van der Waals surface area contributed by atoms with E-state index < -0.39 is 0 Å². The molecule has 2 unspecified atom stereocenters. The molecule has 14 heavy (non-hydrogen) atoms. The van der Waals surface area contributed by atoms with Crippen LogP contribution in [0.5, 0.6) is 0 Å². The topological polar surface area (TPSA) is 12.5 Å². The molecule has 1 aliphatic heterocycles. The normalized spacial score (nSPS) is 27.2. The van der Waals surface area contributed by atoms with Gasteiger partial charge in [-0.05, 0) is 26.3 Å². The van der Waals surface area contributed by atoms with E-state index in [0.717, 1.165) is 12.5 Å². The van der Waals surface area contributed by atoms with E-state index in [1.54, 1.807) is 7.11 Å². The zero-order valence-corrected chi connectivity index (χ0v) is 10.1. The molecule has 0 aromatic heterocycles. The highest BCUT2D eigenvalue weighted by molar-refractivity contribution is 6.18. The first-order chi connectivity index (χ1) is 6.79. The second kappa shape index (κ2) is 6.65. The van der Waals surface area contributed by atoms with Gasteiger partial charge in [-0.15, -0.1) is 11.6 Å². The third-order valence-corrected chi connectivity index (χ3v) is 3.43. The van der Waals surface area contributed by atoms with Gasteiger partial charge in [-0.1, -0.05) is 12.8 Å². The van der Waals surface area contributed by atoms with Crippen LogP contribution in [0.25, 0.3) is 0 Å². The number of hydrogen-bond donors (Lipinski definition) is 0. The number of halogens is 1. The molecule has 1 heterocycles. The van der Waals surface area contributed by atoms with Gasteiger partial charge < -0.3 is 4.74 Å². The molecule has 0 aromatic carbocycles. The minimum absolute atomic E-state index is 0.502. The van der Waals surface area contributed by atoms with Crippen molar-refractivity contribution in [2.24, 2.45) is 0 Å². The van der Waals surface area contributed by atoms with Crippen molar-refractivity contribution in [3.05, 3.63) is 0 Å². The lowest BCUT2D eigenvalue weighted by Gasteiger charge is -2.33. The molecule has 1 saturated heterocycles. The molecule has 1 aliphatic rings. The first kappa shape index (κ1) is 12.3. The van der Waals surface area contributed by atoms with Crippen LogP contribution in [0.4, 0.5) is 0 Å². The van der Waals surface area contributed by atoms with E-state index in [9.17, 15) is 0 Å². The largest absolute Gasteiger partial charge is 0.383 e. The Morgan fingerprint density at radius 2 is 2.21 bits per heavy atom. The van der Waals surface area contributed by atoms with E-state index in [-0.39, 0.29) is 0 Å². The smallest absolute Gasteiger partial charge is 0.0615 e. The van der Waals surface area contributed by atoms with Crippen molar-refractivity contribution < 1.29 is 4.74 Å². The van der Waals surface area contributed by atoms with Gasteiger partial charge in [0.1, 0.15) is 0 Å². The monoisotopic (exact) mass is 219 g/mol. The average Bonchev–Trinajstić information content (AvgIpc) is 2.42. The van der Waals surface area contributed by atoms with Gasteiger partial charge in [0.15, 0.2) is 0 Å². The highest BCUT2D eigenvalue weighted by Gasteiger charge is 2.24. The summed E-state index contributed by atoms with van der Waals surface area (Å²) in [5, 5.41) is 0. The van der Waals surface area contributed by atoms with Crippen LogP contribution in [0.2, 0.25) is 0 Å². The van der Waals surface area contributed by atoms with Crippen LogP contribution < -0.4 is 0 Å². The van der Waals surface area contributed by atoms with E-state index in [1.807, 2.05) is 0 Å². The number of ether oxygens (including phenoxy) is 1. The molecule has 2 atom stereocenters. The van der Waals surface area contributed by atoms with Crippen molar-refractivity contribution in [2.75, 3.05) is 26.1 Å². The lowest BCUT2D eigenvalue weighted by atomic mass is 10.1. The number of likely N-dealkylation sites (tertiary alicyclic amines) is 1. The Balaban J connectivity index is 2.50. The average molecular weight is 220 g/mol. The molecule has 0 bridgehead atoms. The predicted octanol–water partition coefficient (Wildman–Crippen LogP) is 2.50. The predicted molar refractivity (Wildman–Crippen MR) is 61.0 cm³/mol. The quantitative estimate of drug-likeness (QED) is 0.674. The Bertz CT molecular complexity index is 154. The van der Waals surface area contributed by atoms with Crippen LogP contribution >= 0.6 is 11.6 Å². The van der Waals surface area contributed by atoms with E-state index in [2.05, 4.69) is 11.8 Å². The summed E-state index contributed by atoms with van der Waals surface area (Å²) in [5.74, 6) is 0.758. The first-order valence-electron chi connectivity index (χ1n) is 5.60.